The Hall–Kier alpha value is -2.11. The first-order valence-electron chi connectivity index (χ1n) is 6.39. The summed E-state index contributed by atoms with van der Waals surface area (Å²) in [7, 11) is 0. The number of amides is 1. The van der Waals surface area contributed by atoms with Gasteiger partial charge in [0.25, 0.3) is 5.91 Å². The van der Waals surface area contributed by atoms with Crippen LogP contribution in [0.2, 0.25) is 0 Å². The Morgan fingerprint density at radius 2 is 2.37 bits per heavy atom. The number of hydrogen-bond donors (Lipinski definition) is 0. The molecule has 1 atom stereocenters. The van der Waals surface area contributed by atoms with Crippen LogP contribution in [0, 0.1) is 6.92 Å². The van der Waals surface area contributed by atoms with Gasteiger partial charge in [0.1, 0.15) is 12.3 Å². The van der Waals surface area contributed by atoms with Crippen molar-refractivity contribution in [3.63, 3.8) is 0 Å². The van der Waals surface area contributed by atoms with E-state index in [-0.39, 0.29) is 11.9 Å². The lowest BCUT2D eigenvalue weighted by atomic mass is 10.0. The fourth-order valence-electron chi connectivity index (χ4n) is 2.43. The SMILES string of the molecule is Cc1noc([C@@H]2CCCCN2C(=O)c2ccoc2)n1. The van der Waals surface area contributed by atoms with E-state index in [1.54, 1.807) is 17.9 Å². The van der Waals surface area contributed by atoms with E-state index < -0.39 is 0 Å². The second-order valence-electron chi connectivity index (χ2n) is 4.70. The summed E-state index contributed by atoms with van der Waals surface area (Å²) in [5.41, 5.74) is 0.558. The Labute approximate surface area is 110 Å². The predicted octanol–water partition coefficient (Wildman–Crippen LogP) is 2.34. The van der Waals surface area contributed by atoms with Crippen molar-refractivity contribution in [2.75, 3.05) is 6.54 Å². The third kappa shape index (κ3) is 2.25. The molecule has 1 fully saturated rings. The van der Waals surface area contributed by atoms with Gasteiger partial charge in [-0.25, -0.2) is 0 Å². The van der Waals surface area contributed by atoms with Crippen molar-refractivity contribution in [1.29, 1.82) is 0 Å². The highest BCUT2D eigenvalue weighted by atomic mass is 16.5. The van der Waals surface area contributed by atoms with Crippen molar-refractivity contribution in [3.8, 4) is 0 Å². The smallest absolute Gasteiger partial charge is 0.257 e. The first-order chi connectivity index (χ1) is 9.25. The van der Waals surface area contributed by atoms with Gasteiger partial charge in [-0.3, -0.25) is 4.79 Å². The molecule has 2 aromatic rings. The van der Waals surface area contributed by atoms with Crippen molar-refractivity contribution < 1.29 is 13.7 Å². The monoisotopic (exact) mass is 261 g/mol. The number of carbonyl (C=O) groups is 1. The van der Waals surface area contributed by atoms with E-state index in [4.69, 9.17) is 8.94 Å². The van der Waals surface area contributed by atoms with Crippen LogP contribution in [0.4, 0.5) is 0 Å². The van der Waals surface area contributed by atoms with Gasteiger partial charge in [0.05, 0.1) is 11.8 Å². The fourth-order valence-corrected chi connectivity index (χ4v) is 2.43. The molecule has 0 radical (unpaired) electrons. The fraction of sp³-hybridized carbons (Fsp3) is 0.462. The van der Waals surface area contributed by atoms with Crippen LogP contribution < -0.4 is 0 Å². The van der Waals surface area contributed by atoms with Crippen LogP contribution in [0.25, 0.3) is 0 Å². The van der Waals surface area contributed by atoms with E-state index in [2.05, 4.69) is 10.1 Å². The third-order valence-electron chi connectivity index (χ3n) is 3.36. The summed E-state index contributed by atoms with van der Waals surface area (Å²) < 4.78 is 10.2. The molecule has 1 amide bonds. The minimum absolute atomic E-state index is 0.0469. The predicted molar refractivity (Wildman–Crippen MR) is 65.4 cm³/mol. The van der Waals surface area contributed by atoms with Gasteiger partial charge in [0.15, 0.2) is 5.82 Å². The zero-order chi connectivity index (χ0) is 13.2. The average molecular weight is 261 g/mol. The van der Waals surface area contributed by atoms with Crippen molar-refractivity contribution in [3.05, 3.63) is 35.9 Å². The number of carbonyl (C=O) groups excluding carboxylic acids is 1. The lowest BCUT2D eigenvalue weighted by Gasteiger charge is -2.33. The number of hydrogen-bond acceptors (Lipinski definition) is 5. The molecule has 6 heteroatoms. The summed E-state index contributed by atoms with van der Waals surface area (Å²) in [6.07, 6.45) is 5.87. The van der Waals surface area contributed by atoms with E-state index in [1.165, 1.54) is 12.5 Å². The number of piperidine rings is 1. The maximum atomic E-state index is 12.4. The first-order valence-corrected chi connectivity index (χ1v) is 6.39. The van der Waals surface area contributed by atoms with Gasteiger partial charge in [0, 0.05) is 6.54 Å². The summed E-state index contributed by atoms with van der Waals surface area (Å²) in [5, 5.41) is 3.81. The normalized spacial score (nSPS) is 19.6. The highest BCUT2D eigenvalue weighted by molar-refractivity contribution is 5.94. The van der Waals surface area contributed by atoms with Crippen LogP contribution in [0.5, 0.6) is 0 Å². The standard InChI is InChI=1S/C13H15N3O3/c1-9-14-12(19-15-9)11-4-2-3-6-16(11)13(17)10-5-7-18-8-10/h5,7-8,11H,2-4,6H2,1H3/t11-/m0/s1. The van der Waals surface area contributed by atoms with Gasteiger partial charge >= 0.3 is 0 Å². The number of aryl methyl sites for hydroxylation is 1. The van der Waals surface area contributed by atoms with Crippen LogP contribution >= 0.6 is 0 Å². The summed E-state index contributed by atoms with van der Waals surface area (Å²) >= 11 is 0. The minimum atomic E-state index is -0.127. The molecule has 3 rings (SSSR count). The second-order valence-corrected chi connectivity index (χ2v) is 4.70. The molecule has 0 saturated carbocycles. The van der Waals surface area contributed by atoms with Gasteiger partial charge in [-0.15, -0.1) is 0 Å². The summed E-state index contributed by atoms with van der Waals surface area (Å²) in [6.45, 7) is 2.48. The zero-order valence-electron chi connectivity index (χ0n) is 10.7. The minimum Gasteiger partial charge on any atom is -0.472 e. The zero-order valence-corrected chi connectivity index (χ0v) is 10.7. The van der Waals surface area contributed by atoms with E-state index >= 15 is 0 Å². The molecule has 0 N–H and O–H groups in total. The van der Waals surface area contributed by atoms with E-state index in [9.17, 15) is 4.79 Å². The third-order valence-corrected chi connectivity index (χ3v) is 3.36. The van der Waals surface area contributed by atoms with Crippen LogP contribution in [0.1, 0.15) is 47.4 Å². The molecule has 19 heavy (non-hydrogen) atoms. The molecule has 0 spiro atoms. The van der Waals surface area contributed by atoms with Crippen LogP contribution in [-0.4, -0.2) is 27.5 Å². The van der Waals surface area contributed by atoms with Gasteiger partial charge < -0.3 is 13.8 Å². The Balaban J connectivity index is 1.87. The molecule has 1 aliphatic rings. The molecular formula is C13H15N3O3. The van der Waals surface area contributed by atoms with Gasteiger partial charge in [0.2, 0.25) is 5.89 Å². The van der Waals surface area contributed by atoms with E-state index in [0.717, 1.165) is 19.3 Å². The summed E-state index contributed by atoms with van der Waals surface area (Å²) in [4.78, 5) is 18.5. The molecule has 1 aliphatic heterocycles. The number of likely N-dealkylation sites (tertiary alicyclic amines) is 1. The lowest BCUT2D eigenvalue weighted by Crippen LogP contribution is -2.38. The number of rotatable bonds is 2. The van der Waals surface area contributed by atoms with Crippen molar-refractivity contribution in [1.82, 2.24) is 15.0 Å². The van der Waals surface area contributed by atoms with Crippen molar-refractivity contribution >= 4 is 5.91 Å². The van der Waals surface area contributed by atoms with E-state index in [1.807, 2.05) is 0 Å². The molecule has 1 saturated heterocycles. The van der Waals surface area contributed by atoms with Crippen LogP contribution in [0.15, 0.2) is 27.5 Å². The average Bonchev–Trinajstić information content (AvgIpc) is 3.09. The highest BCUT2D eigenvalue weighted by Crippen LogP contribution is 2.31. The number of aromatic nitrogens is 2. The Bertz CT molecular complexity index is 561. The molecule has 0 unspecified atom stereocenters. The number of furan rings is 1. The molecule has 2 aromatic heterocycles. The molecule has 0 bridgehead atoms. The molecule has 100 valence electrons. The van der Waals surface area contributed by atoms with Gasteiger partial charge in [-0.1, -0.05) is 5.16 Å². The summed E-state index contributed by atoms with van der Waals surface area (Å²) in [5.74, 6) is 1.07. The summed E-state index contributed by atoms with van der Waals surface area (Å²) in [6, 6.07) is 1.55. The number of nitrogens with zero attached hydrogens (tertiary/aromatic N) is 3. The van der Waals surface area contributed by atoms with Gasteiger partial charge in [-0.05, 0) is 32.3 Å². The maximum Gasteiger partial charge on any atom is 0.257 e. The Morgan fingerprint density at radius 3 is 3.05 bits per heavy atom. The quantitative estimate of drug-likeness (QED) is 0.829. The highest BCUT2D eigenvalue weighted by Gasteiger charge is 2.32. The largest absolute Gasteiger partial charge is 0.472 e. The van der Waals surface area contributed by atoms with Crippen molar-refractivity contribution in [2.24, 2.45) is 0 Å². The second kappa shape index (κ2) is 4.87. The molecule has 3 heterocycles. The molecule has 0 aliphatic carbocycles. The molecule has 6 nitrogen and oxygen atoms in total. The van der Waals surface area contributed by atoms with Crippen LogP contribution in [-0.2, 0) is 0 Å². The lowest BCUT2D eigenvalue weighted by molar-refractivity contribution is 0.0560. The Kier molecular flexibility index (Phi) is 3.06. The molecular weight excluding hydrogens is 246 g/mol. The maximum absolute atomic E-state index is 12.4. The van der Waals surface area contributed by atoms with Gasteiger partial charge in [-0.2, -0.15) is 4.98 Å². The van der Waals surface area contributed by atoms with E-state index in [0.29, 0.717) is 23.8 Å². The van der Waals surface area contributed by atoms with Crippen molar-refractivity contribution in [2.45, 2.75) is 32.2 Å². The topological polar surface area (TPSA) is 72.4 Å². The van der Waals surface area contributed by atoms with Crippen LogP contribution in [0.3, 0.4) is 0 Å². The Morgan fingerprint density at radius 1 is 1.47 bits per heavy atom. The molecule has 0 aromatic carbocycles. The first kappa shape index (κ1) is 12.0.